The van der Waals surface area contributed by atoms with Gasteiger partial charge in [0.1, 0.15) is 0 Å². The minimum atomic E-state index is 0.0818. The predicted octanol–water partition coefficient (Wildman–Crippen LogP) is 1.96. The van der Waals surface area contributed by atoms with Crippen LogP contribution in [-0.4, -0.2) is 16.0 Å². The summed E-state index contributed by atoms with van der Waals surface area (Å²) in [6.45, 7) is 0. The first-order valence-corrected chi connectivity index (χ1v) is 5.11. The highest BCUT2D eigenvalue weighted by molar-refractivity contribution is 7.08. The van der Waals surface area contributed by atoms with E-state index in [2.05, 4.69) is 10.2 Å². The van der Waals surface area contributed by atoms with Gasteiger partial charge in [-0.2, -0.15) is 21.5 Å². The van der Waals surface area contributed by atoms with Crippen LogP contribution in [-0.2, 0) is 6.42 Å². The van der Waals surface area contributed by atoms with Crippen LogP contribution in [0.5, 0.6) is 0 Å². The van der Waals surface area contributed by atoms with Crippen molar-refractivity contribution in [3.05, 3.63) is 46.4 Å². The van der Waals surface area contributed by atoms with E-state index in [-0.39, 0.29) is 5.78 Å². The topological polar surface area (TPSA) is 42.9 Å². The number of aromatic nitrogens is 2. The fourth-order valence-corrected chi connectivity index (χ4v) is 1.80. The summed E-state index contributed by atoms with van der Waals surface area (Å²) in [5.41, 5.74) is 1.67. The minimum absolute atomic E-state index is 0.0818. The van der Waals surface area contributed by atoms with Crippen LogP contribution in [0.15, 0.2) is 35.3 Å². The Morgan fingerprint density at radius 2 is 2.29 bits per heavy atom. The van der Waals surface area contributed by atoms with Gasteiger partial charge in [0, 0.05) is 12.0 Å². The molecule has 0 atom stereocenters. The Kier molecular flexibility index (Phi) is 2.65. The van der Waals surface area contributed by atoms with Crippen molar-refractivity contribution < 1.29 is 4.79 Å². The summed E-state index contributed by atoms with van der Waals surface area (Å²) in [6.07, 6.45) is 3.46. The van der Waals surface area contributed by atoms with Crippen molar-refractivity contribution in [2.75, 3.05) is 0 Å². The second-order valence-corrected chi connectivity index (χ2v) is 3.64. The number of hydrogen-bond donors (Lipinski definition) is 0. The molecule has 2 heterocycles. The quantitative estimate of drug-likeness (QED) is 0.718. The number of carbonyl (C=O) groups is 1. The molecule has 0 N–H and O–H groups in total. The summed E-state index contributed by atoms with van der Waals surface area (Å²) in [4.78, 5) is 11.6. The van der Waals surface area contributed by atoms with E-state index in [1.54, 1.807) is 17.4 Å². The number of thiophene rings is 1. The van der Waals surface area contributed by atoms with Crippen molar-refractivity contribution in [1.82, 2.24) is 10.2 Å². The van der Waals surface area contributed by atoms with Crippen LogP contribution in [0, 0.1) is 0 Å². The first kappa shape index (κ1) is 9.02. The van der Waals surface area contributed by atoms with Crippen LogP contribution >= 0.6 is 11.3 Å². The molecule has 0 spiro atoms. The molecule has 70 valence electrons. The number of carbonyl (C=O) groups excluding carboxylic acids is 1. The second kappa shape index (κ2) is 4.11. The maximum absolute atomic E-state index is 11.6. The highest BCUT2D eigenvalue weighted by atomic mass is 32.1. The summed E-state index contributed by atoms with van der Waals surface area (Å²) in [5, 5.41) is 11.2. The highest BCUT2D eigenvalue weighted by Gasteiger charge is 2.06. The lowest BCUT2D eigenvalue weighted by molar-refractivity contribution is 0.0992. The maximum Gasteiger partial charge on any atom is 0.168 e. The Balaban J connectivity index is 2.11. The number of rotatable bonds is 3. The van der Waals surface area contributed by atoms with Gasteiger partial charge in [-0.05, 0) is 28.5 Å². The first-order valence-electron chi connectivity index (χ1n) is 4.17. The van der Waals surface area contributed by atoms with Gasteiger partial charge in [-0.15, -0.1) is 0 Å². The molecule has 0 saturated carbocycles. The molecule has 2 aromatic heterocycles. The summed E-state index contributed by atoms with van der Waals surface area (Å²) in [7, 11) is 0. The molecule has 4 heteroatoms. The van der Waals surface area contributed by atoms with E-state index >= 15 is 0 Å². The molecule has 0 aliphatic rings. The average molecular weight is 204 g/mol. The van der Waals surface area contributed by atoms with Crippen molar-refractivity contribution in [2.24, 2.45) is 0 Å². The van der Waals surface area contributed by atoms with Crippen molar-refractivity contribution in [1.29, 1.82) is 0 Å². The molecule has 2 aromatic rings. The zero-order chi connectivity index (χ0) is 9.80. The zero-order valence-corrected chi connectivity index (χ0v) is 8.20. The average Bonchev–Trinajstić information content (AvgIpc) is 2.72. The zero-order valence-electron chi connectivity index (χ0n) is 7.38. The van der Waals surface area contributed by atoms with Gasteiger partial charge in [-0.3, -0.25) is 4.79 Å². The lowest BCUT2D eigenvalue weighted by Gasteiger charge is -1.96. The Morgan fingerprint density at radius 3 is 2.93 bits per heavy atom. The molecule has 0 aliphatic carbocycles. The van der Waals surface area contributed by atoms with Gasteiger partial charge in [0.05, 0.1) is 12.4 Å². The number of ketones is 1. The Hall–Kier alpha value is -1.55. The first-order chi connectivity index (χ1) is 6.86. The molecule has 0 saturated heterocycles. The molecule has 0 aromatic carbocycles. The molecule has 0 radical (unpaired) electrons. The number of Topliss-reactive ketones (excluding diaryl/α,β-unsaturated/α-hetero) is 1. The minimum Gasteiger partial charge on any atom is -0.294 e. The van der Waals surface area contributed by atoms with E-state index < -0.39 is 0 Å². The van der Waals surface area contributed by atoms with E-state index in [4.69, 9.17) is 0 Å². The fourth-order valence-electron chi connectivity index (χ4n) is 1.14. The second-order valence-electron chi connectivity index (χ2n) is 2.86. The van der Waals surface area contributed by atoms with Crippen LogP contribution in [0.3, 0.4) is 0 Å². The predicted molar refractivity (Wildman–Crippen MR) is 54.4 cm³/mol. The largest absolute Gasteiger partial charge is 0.294 e. The summed E-state index contributed by atoms with van der Waals surface area (Å²) < 4.78 is 0. The van der Waals surface area contributed by atoms with E-state index in [0.717, 1.165) is 5.56 Å². The highest BCUT2D eigenvalue weighted by Crippen LogP contribution is 2.09. The number of hydrogen-bond acceptors (Lipinski definition) is 4. The molecule has 14 heavy (non-hydrogen) atoms. The molecule has 2 rings (SSSR count). The molecular weight excluding hydrogens is 196 g/mol. The molecule has 0 aliphatic heterocycles. The summed E-state index contributed by atoms with van der Waals surface area (Å²) in [6, 6.07) is 3.64. The van der Waals surface area contributed by atoms with Gasteiger partial charge in [0.15, 0.2) is 5.78 Å². The van der Waals surface area contributed by atoms with E-state index in [1.807, 2.05) is 16.8 Å². The summed E-state index contributed by atoms with van der Waals surface area (Å²) >= 11 is 1.60. The van der Waals surface area contributed by atoms with Crippen molar-refractivity contribution in [3.63, 3.8) is 0 Å². The molecule has 3 nitrogen and oxygen atoms in total. The fraction of sp³-hybridized carbons (Fsp3) is 0.100. The van der Waals surface area contributed by atoms with Crippen molar-refractivity contribution in [2.45, 2.75) is 6.42 Å². The van der Waals surface area contributed by atoms with E-state index in [1.165, 1.54) is 12.4 Å². The van der Waals surface area contributed by atoms with Gasteiger partial charge in [-0.1, -0.05) is 0 Å². The third kappa shape index (κ3) is 2.03. The Morgan fingerprint density at radius 1 is 1.36 bits per heavy atom. The molecule has 0 amide bonds. The normalized spacial score (nSPS) is 10.0. The van der Waals surface area contributed by atoms with Crippen molar-refractivity contribution in [3.8, 4) is 0 Å². The third-order valence-corrected chi connectivity index (χ3v) is 2.58. The van der Waals surface area contributed by atoms with Crippen LogP contribution < -0.4 is 0 Å². The molecule has 0 bridgehead atoms. The van der Waals surface area contributed by atoms with Crippen molar-refractivity contribution >= 4 is 17.1 Å². The number of nitrogens with zero attached hydrogens (tertiary/aromatic N) is 2. The van der Waals surface area contributed by atoms with Crippen LogP contribution in [0.1, 0.15) is 15.9 Å². The monoisotopic (exact) mass is 204 g/mol. The smallest absolute Gasteiger partial charge is 0.168 e. The van der Waals surface area contributed by atoms with Gasteiger partial charge in [0.25, 0.3) is 0 Å². The Labute approximate surface area is 85.4 Å². The third-order valence-electron chi connectivity index (χ3n) is 1.85. The van der Waals surface area contributed by atoms with Crippen LogP contribution in [0.4, 0.5) is 0 Å². The van der Waals surface area contributed by atoms with Gasteiger partial charge < -0.3 is 0 Å². The van der Waals surface area contributed by atoms with E-state index in [9.17, 15) is 4.79 Å². The SMILES string of the molecule is O=C(Cc1ccsc1)c1ccnnc1. The molecular formula is C10H8N2OS. The van der Waals surface area contributed by atoms with Gasteiger partial charge in [0.2, 0.25) is 0 Å². The maximum atomic E-state index is 11.6. The van der Waals surface area contributed by atoms with Gasteiger partial charge >= 0.3 is 0 Å². The van der Waals surface area contributed by atoms with Crippen LogP contribution in [0.25, 0.3) is 0 Å². The van der Waals surface area contributed by atoms with Gasteiger partial charge in [-0.25, -0.2) is 0 Å². The van der Waals surface area contributed by atoms with E-state index in [0.29, 0.717) is 12.0 Å². The van der Waals surface area contributed by atoms with Crippen LogP contribution in [0.2, 0.25) is 0 Å². The lowest BCUT2D eigenvalue weighted by Crippen LogP contribution is -2.03. The molecule has 0 unspecified atom stereocenters. The standard InChI is InChI=1S/C10H8N2OS/c13-10(5-8-2-4-14-7-8)9-1-3-11-12-6-9/h1-4,6-7H,5H2. The summed E-state index contributed by atoms with van der Waals surface area (Å²) in [5.74, 6) is 0.0818. The lowest BCUT2D eigenvalue weighted by atomic mass is 10.1. The molecule has 0 fully saturated rings. The Bertz CT molecular complexity index is 411.